The second-order valence-corrected chi connectivity index (χ2v) is 10.9. The molecule has 0 radical (unpaired) electrons. The van der Waals surface area contributed by atoms with Gasteiger partial charge in [-0.1, -0.05) is 24.8 Å². The first-order valence-corrected chi connectivity index (χ1v) is 14.4. The standard InChI is InChI=1S/C32H37F2N7O3/c1-6-29(42)36-23-15-24(26(43-5)16-25(23)40(4)14-13-39(2)3)37-32-35-17-27(44-19-28(33)34)30(38-32)22-18-41-12-8-10-20-9-7-11-21(22)31(20)41/h6-7,9,11,15-18,28H,1,8,10,12-14,19H2,2-5H3,(H,36,42)(H,35,37,38). The molecule has 5 rings (SSSR count). The largest absolute Gasteiger partial charge is 0.494 e. The highest BCUT2D eigenvalue weighted by molar-refractivity contribution is 6.02. The maximum atomic E-state index is 13.2. The lowest BCUT2D eigenvalue weighted by molar-refractivity contribution is -0.111. The molecule has 3 heterocycles. The number of amides is 1. The molecule has 0 unspecified atom stereocenters. The minimum Gasteiger partial charge on any atom is -0.494 e. The maximum Gasteiger partial charge on any atom is 0.272 e. The highest BCUT2D eigenvalue weighted by Crippen LogP contribution is 2.41. The van der Waals surface area contributed by atoms with Crippen LogP contribution in [-0.2, 0) is 17.8 Å². The highest BCUT2D eigenvalue weighted by Gasteiger charge is 2.22. The SMILES string of the molecule is C=CC(=O)Nc1cc(Nc2ncc(OCC(F)F)c(-c3cn4c5c(cccc35)CCC4)n2)c(OC)cc1N(C)CCN(C)C. The Morgan fingerprint density at radius 3 is 2.73 bits per heavy atom. The molecule has 0 bridgehead atoms. The number of ether oxygens (including phenoxy) is 2. The number of methoxy groups -OCH3 is 1. The zero-order chi connectivity index (χ0) is 31.4. The molecule has 0 spiro atoms. The fourth-order valence-corrected chi connectivity index (χ4v) is 5.35. The highest BCUT2D eigenvalue weighted by atomic mass is 19.3. The van der Waals surface area contributed by atoms with Crippen molar-refractivity contribution in [2.45, 2.75) is 25.8 Å². The van der Waals surface area contributed by atoms with Crippen LogP contribution in [0.15, 0.2) is 55.4 Å². The van der Waals surface area contributed by atoms with Crippen LogP contribution in [0.2, 0.25) is 0 Å². The Hall–Kier alpha value is -4.71. The monoisotopic (exact) mass is 605 g/mol. The molecule has 0 fully saturated rings. The molecule has 44 heavy (non-hydrogen) atoms. The maximum absolute atomic E-state index is 13.2. The molecule has 4 aromatic rings. The van der Waals surface area contributed by atoms with Crippen molar-refractivity contribution >= 4 is 39.8 Å². The van der Waals surface area contributed by atoms with Gasteiger partial charge in [-0.15, -0.1) is 0 Å². The van der Waals surface area contributed by atoms with E-state index in [1.54, 1.807) is 13.2 Å². The number of aromatic nitrogens is 3. The number of carbonyl (C=O) groups excluding carboxylic acids is 1. The van der Waals surface area contributed by atoms with Gasteiger partial charge in [0.15, 0.2) is 5.75 Å². The van der Waals surface area contributed by atoms with Gasteiger partial charge in [-0.3, -0.25) is 4.79 Å². The van der Waals surface area contributed by atoms with Gasteiger partial charge in [0, 0.05) is 49.9 Å². The zero-order valence-electron chi connectivity index (χ0n) is 25.4. The number of para-hydroxylation sites is 1. The van der Waals surface area contributed by atoms with E-state index in [1.807, 2.05) is 50.4 Å². The van der Waals surface area contributed by atoms with Gasteiger partial charge in [0.05, 0.1) is 35.9 Å². The Kier molecular flexibility index (Phi) is 9.29. The predicted octanol–water partition coefficient (Wildman–Crippen LogP) is 5.56. The van der Waals surface area contributed by atoms with Crippen LogP contribution in [0.25, 0.3) is 22.2 Å². The molecule has 0 saturated carbocycles. The smallest absolute Gasteiger partial charge is 0.272 e. The first-order chi connectivity index (χ1) is 21.2. The van der Waals surface area contributed by atoms with Crippen LogP contribution in [0.1, 0.15) is 12.0 Å². The summed E-state index contributed by atoms with van der Waals surface area (Å²) in [6.07, 6.45) is 3.92. The van der Waals surface area contributed by atoms with E-state index >= 15 is 0 Å². The molecule has 2 aromatic carbocycles. The fraction of sp³-hybridized carbons (Fsp3) is 0.344. The third-order valence-corrected chi connectivity index (χ3v) is 7.50. The number of halogens is 2. The number of likely N-dealkylation sites (N-methyl/N-ethyl adjacent to an activating group) is 2. The molecular formula is C32H37F2N7O3. The minimum atomic E-state index is -2.65. The molecule has 232 valence electrons. The van der Waals surface area contributed by atoms with Crippen LogP contribution in [0, 0.1) is 0 Å². The molecule has 0 aliphatic carbocycles. The number of hydrogen-bond acceptors (Lipinski definition) is 8. The van der Waals surface area contributed by atoms with Crippen molar-refractivity contribution in [1.82, 2.24) is 19.4 Å². The average Bonchev–Trinajstić information content (AvgIpc) is 3.39. The van der Waals surface area contributed by atoms with Crippen molar-refractivity contribution in [2.24, 2.45) is 0 Å². The van der Waals surface area contributed by atoms with Gasteiger partial charge < -0.3 is 34.5 Å². The van der Waals surface area contributed by atoms with Crippen LogP contribution < -0.4 is 25.0 Å². The van der Waals surface area contributed by atoms with E-state index in [4.69, 9.17) is 14.5 Å². The first kappa shape index (κ1) is 30.7. The number of rotatable bonds is 13. The number of nitrogens with zero attached hydrogens (tertiary/aromatic N) is 5. The van der Waals surface area contributed by atoms with Gasteiger partial charge in [-0.2, -0.15) is 0 Å². The van der Waals surface area contributed by atoms with E-state index in [1.165, 1.54) is 17.8 Å². The Morgan fingerprint density at radius 2 is 2.00 bits per heavy atom. The number of hydrogen-bond donors (Lipinski definition) is 2. The quantitative estimate of drug-likeness (QED) is 0.191. The van der Waals surface area contributed by atoms with E-state index < -0.39 is 13.0 Å². The van der Waals surface area contributed by atoms with Crippen molar-refractivity contribution in [3.8, 4) is 22.8 Å². The van der Waals surface area contributed by atoms with Crippen molar-refractivity contribution < 1.29 is 23.0 Å². The second-order valence-electron chi connectivity index (χ2n) is 10.9. The summed E-state index contributed by atoms with van der Waals surface area (Å²) in [5, 5.41) is 7.05. The number of nitrogens with one attached hydrogen (secondary N) is 2. The molecule has 2 aromatic heterocycles. The van der Waals surface area contributed by atoms with Gasteiger partial charge in [0.2, 0.25) is 11.9 Å². The molecule has 0 saturated heterocycles. The number of benzene rings is 2. The number of carbonyl (C=O) groups is 1. The summed E-state index contributed by atoms with van der Waals surface area (Å²) in [6, 6.07) is 9.68. The van der Waals surface area contributed by atoms with E-state index in [-0.39, 0.29) is 17.6 Å². The molecule has 0 atom stereocenters. The number of alkyl halides is 2. The van der Waals surface area contributed by atoms with E-state index in [9.17, 15) is 13.6 Å². The summed E-state index contributed by atoms with van der Waals surface area (Å²) in [6.45, 7) is 5.13. The zero-order valence-corrected chi connectivity index (χ0v) is 25.4. The van der Waals surface area contributed by atoms with Gasteiger partial charge in [0.25, 0.3) is 6.43 Å². The summed E-state index contributed by atoms with van der Waals surface area (Å²) in [5.41, 5.74) is 5.28. The molecule has 2 N–H and O–H groups in total. The molecule has 1 aliphatic heterocycles. The average molecular weight is 606 g/mol. The van der Waals surface area contributed by atoms with Gasteiger partial charge in [0.1, 0.15) is 18.1 Å². The van der Waals surface area contributed by atoms with Crippen LogP contribution in [0.3, 0.4) is 0 Å². The first-order valence-electron chi connectivity index (χ1n) is 14.4. The molecule has 10 nitrogen and oxygen atoms in total. The summed E-state index contributed by atoms with van der Waals surface area (Å²) in [4.78, 5) is 25.6. The second kappa shape index (κ2) is 13.3. The van der Waals surface area contributed by atoms with Crippen molar-refractivity contribution in [3.63, 3.8) is 0 Å². The summed E-state index contributed by atoms with van der Waals surface area (Å²) in [5.74, 6) is 0.479. The molecular weight excluding hydrogens is 568 g/mol. The van der Waals surface area contributed by atoms with Gasteiger partial charge in [-0.05, 0) is 44.6 Å². The molecule has 12 heteroatoms. The normalized spacial score (nSPS) is 12.5. The third kappa shape index (κ3) is 6.60. The topological polar surface area (TPSA) is 96.8 Å². The molecule has 1 amide bonds. The Morgan fingerprint density at radius 1 is 1.18 bits per heavy atom. The van der Waals surface area contributed by atoms with Crippen molar-refractivity contribution in [2.75, 3.05) is 63.5 Å². The Bertz CT molecular complexity index is 1670. The third-order valence-electron chi connectivity index (χ3n) is 7.50. The lowest BCUT2D eigenvalue weighted by Gasteiger charge is -2.26. The predicted molar refractivity (Wildman–Crippen MR) is 170 cm³/mol. The van der Waals surface area contributed by atoms with Gasteiger partial charge >= 0.3 is 0 Å². The fourth-order valence-electron chi connectivity index (χ4n) is 5.35. The van der Waals surface area contributed by atoms with Crippen LogP contribution in [0.4, 0.5) is 31.8 Å². The lowest BCUT2D eigenvalue weighted by Crippen LogP contribution is -2.29. The summed E-state index contributed by atoms with van der Waals surface area (Å²) >= 11 is 0. The van der Waals surface area contributed by atoms with Crippen molar-refractivity contribution in [1.29, 1.82) is 0 Å². The Balaban J connectivity index is 1.57. The van der Waals surface area contributed by atoms with E-state index in [0.29, 0.717) is 29.4 Å². The minimum absolute atomic E-state index is 0.156. The lowest BCUT2D eigenvalue weighted by atomic mass is 10.0. The van der Waals surface area contributed by atoms with Crippen LogP contribution >= 0.6 is 0 Å². The van der Waals surface area contributed by atoms with Crippen LogP contribution in [0.5, 0.6) is 11.5 Å². The number of aryl methyl sites for hydroxylation is 2. The molecule has 1 aliphatic rings. The van der Waals surface area contributed by atoms with Gasteiger partial charge in [-0.25, -0.2) is 18.7 Å². The number of anilines is 4. The summed E-state index contributed by atoms with van der Waals surface area (Å²) in [7, 11) is 7.46. The van der Waals surface area contributed by atoms with E-state index in [2.05, 4.69) is 37.7 Å². The van der Waals surface area contributed by atoms with Crippen molar-refractivity contribution in [3.05, 3.63) is 60.9 Å². The van der Waals surface area contributed by atoms with E-state index in [0.717, 1.165) is 48.1 Å². The van der Waals surface area contributed by atoms with Crippen LogP contribution in [-0.4, -0.2) is 79.7 Å². The Labute approximate surface area is 255 Å². The summed E-state index contributed by atoms with van der Waals surface area (Å²) < 4.78 is 39.7.